The molecular weight excluding hydrogens is 338 g/mol. The van der Waals surface area contributed by atoms with Crippen LogP contribution in [-0.2, 0) is 9.84 Å². The SMILES string of the molecule is O=S1(=O)CCC(NC(=S)Oc2ccccc2Br)C1. The Balaban J connectivity index is 1.92. The summed E-state index contributed by atoms with van der Waals surface area (Å²) in [5.74, 6) is 0.935. The third-order valence-electron chi connectivity index (χ3n) is 2.59. The predicted molar refractivity (Wildman–Crippen MR) is 77.6 cm³/mol. The van der Waals surface area contributed by atoms with Gasteiger partial charge in [-0.15, -0.1) is 0 Å². The van der Waals surface area contributed by atoms with E-state index in [0.717, 1.165) is 4.47 Å². The Kier molecular flexibility index (Phi) is 4.24. The highest BCUT2D eigenvalue weighted by Crippen LogP contribution is 2.24. The Labute approximate surface area is 120 Å². The Morgan fingerprint density at radius 1 is 1.44 bits per heavy atom. The lowest BCUT2D eigenvalue weighted by molar-refractivity contribution is 0.507. The van der Waals surface area contributed by atoms with Gasteiger partial charge in [0.2, 0.25) is 0 Å². The molecule has 0 spiro atoms. The molecule has 0 amide bonds. The Morgan fingerprint density at radius 3 is 2.78 bits per heavy atom. The fourth-order valence-corrected chi connectivity index (χ4v) is 4.03. The Bertz CT molecular complexity index is 559. The first-order chi connectivity index (χ1) is 8.46. The molecule has 1 aromatic rings. The lowest BCUT2D eigenvalue weighted by Crippen LogP contribution is -2.37. The zero-order valence-electron chi connectivity index (χ0n) is 9.43. The maximum Gasteiger partial charge on any atom is 0.262 e. The molecule has 1 aliphatic rings. The number of para-hydroxylation sites is 1. The highest BCUT2D eigenvalue weighted by Gasteiger charge is 2.28. The van der Waals surface area contributed by atoms with Crippen LogP contribution in [0.5, 0.6) is 5.75 Å². The van der Waals surface area contributed by atoms with E-state index in [1.54, 1.807) is 6.07 Å². The smallest absolute Gasteiger partial charge is 0.262 e. The summed E-state index contributed by atoms with van der Waals surface area (Å²) in [6.45, 7) is 0. The lowest BCUT2D eigenvalue weighted by Gasteiger charge is -2.14. The van der Waals surface area contributed by atoms with Crippen LogP contribution in [0.2, 0.25) is 0 Å². The minimum absolute atomic E-state index is 0.118. The molecular formula is C11H12BrNO3S2. The fraction of sp³-hybridized carbons (Fsp3) is 0.364. The molecule has 4 nitrogen and oxygen atoms in total. The van der Waals surface area contributed by atoms with Crippen LogP contribution in [0.25, 0.3) is 0 Å². The Hall–Kier alpha value is -0.660. The number of rotatable bonds is 2. The summed E-state index contributed by atoms with van der Waals surface area (Å²) in [5, 5.41) is 3.12. The van der Waals surface area contributed by atoms with Gasteiger partial charge in [-0.25, -0.2) is 8.42 Å². The van der Waals surface area contributed by atoms with Crippen LogP contribution >= 0.6 is 28.1 Å². The normalized spacial score (nSPS) is 21.5. The molecule has 0 saturated carbocycles. The maximum absolute atomic E-state index is 11.3. The van der Waals surface area contributed by atoms with Gasteiger partial charge in [0.25, 0.3) is 5.17 Å². The largest absolute Gasteiger partial charge is 0.431 e. The van der Waals surface area contributed by atoms with Gasteiger partial charge in [0.1, 0.15) is 5.75 Å². The van der Waals surface area contributed by atoms with E-state index < -0.39 is 9.84 Å². The zero-order valence-corrected chi connectivity index (χ0v) is 12.6. The highest BCUT2D eigenvalue weighted by molar-refractivity contribution is 9.10. The molecule has 2 rings (SSSR count). The van der Waals surface area contributed by atoms with Crippen LogP contribution in [0, 0.1) is 0 Å². The minimum Gasteiger partial charge on any atom is -0.431 e. The second-order valence-corrected chi connectivity index (χ2v) is 7.52. The van der Waals surface area contributed by atoms with Crippen molar-refractivity contribution in [2.75, 3.05) is 11.5 Å². The van der Waals surface area contributed by atoms with Gasteiger partial charge in [-0.1, -0.05) is 12.1 Å². The van der Waals surface area contributed by atoms with Crippen molar-refractivity contribution in [2.24, 2.45) is 0 Å². The van der Waals surface area contributed by atoms with E-state index in [-0.39, 0.29) is 22.7 Å². The van der Waals surface area contributed by atoms with Crippen molar-refractivity contribution in [2.45, 2.75) is 12.5 Å². The van der Waals surface area contributed by atoms with Gasteiger partial charge in [0.05, 0.1) is 16.0 Å². The number of hydrogen-bond donors (Lipinski definition) is 1. The van der Waals surface area contributed by atoms with Crippen molar-refractivity contribution in [3.8, 4) is 5.75 Å². The third-order valence-corrected chi connectivity index (χ3v) is 5.22. The van der Waals surface area contributed by atoms with Crippen molar-refractivity contribution in [1.29, 1.82) is 0 Å². The van der Waals surface area contributed by atoms with Crippen molar-refractivity contribution in [1.82, 2.24) is 5.32 Å². The van der Waals surface area contributed by atoms with E-state index in [9.17, 15) is 8.42 Å². The molecule has 0 aliphatic carbocycles. The fourth-order valence-electron chi connectivity index (χ4n) is 1.73. The molecule has 98 valence electrons. The summed E-state index contributed by atoms with van der Waals surface area (Å²) in [6, 6.07) is 7.19. The first-order valence-corrected chi connectivity index (χ1v) is 8.42. The molecule has 1 fully saturated rings. The van der Waals surface area contributed by atoms with Crippen molar-refractivity contribution in [3.05, 3.63) is 28.7 Å². The lowest BCUT2D eigenvalue weighted by atomic mass is 10.3. The molecule has 0 radical (unpaired) electrons. The highest BCUT2D eigenvalue weighted by atomic mass is 79.9. The summed E-state index contributed by atoms with van der Waals surface area (Å²) >= 11 is 8.41. The monoisotopic (exact) mass is 349 g/mol. The summed E-state index contributed by atoms with van der Waals surface area (Å²) in [7, 11) is -2.91. The number of benzene rings is 1. The summed E-state index contributed by atoms with van der Waals surface area (Å²) < 4.78 is 28.9. The average molecular weight is 350 g/mol. The van der Waals surface area contributed by atoms with Crippen LogP contribution in [0.1, 0.15) is 6.42 Å². The van der Waals surface area contributed by atoms with Crippen molar-refractivity contribution in [3.63, 3.8) is 0 Å². The molecule has 18 heavy (non-hydrogen) atoms. The predicted octanol–water partition coefficient (Wildman–Crippen LogP) is 1.89. The topological polar surface area (TPSA) is 55.4 Å². The summed E-state index contributed by atoms with van der Waals surface area (Å²) in [4.78, 5) is 0. The van der Waals surface area contributed by atoms with Gasteiger partial charge in [-0.2, -0.15) is 0 Å². The molecule has 1 aliphatic heterocycles. The molecule has 0 aromatic heterocycles. The second-order valence-electron chi connectivity index (χ2n) is 4.06. The van der Waals surface area contributed by atoms with E-state index in [2.05, 4.69) is 21.2 Å². The first kappa shape index (κ1) is 13.8. The number of halogens is 1. The molecule has 1 heterocycles. The van der Waals surface area contributed by atoms with Crippen LogP contribution in [0.4, 0.5) is 0 Å². The molecule has 1 aromatic carbocycles. The number of nitrogens with one attached hydrogen (secondary N) is 1. The van der Waals surface area contributed by atoms with E-state index >= 15 is 0 Å². The van der Waals surface area contributed by atoms with E-state index in [1.165, 1.54) is 0 Å². The summed E-state index contributed by atoms with van der Waals surface area (Å²) in [6.07, 6.45) is 0.571. The maximum atomic E-state index is 11.3. The van der Waals surface area contributed by atoms with Gasteiger partial charge in [0, 0.05) is 6.04 Å². The number of ether oxygens (including phenoxy) is 1. The quantitative estimate of drug-likeness (QED) is 0.826. The molecule has 1 unspecified atom stereocenters. The molecule has 1 saturated heterocycles. The van der Waals surface area contributed by atoms with Crippen LogP contribution in [0.15, 0.2) is 28.7 Å². The van der Waals surface area contributed by atoms with Gasteiger partial charge >= 0.3 is 0 Å². The Morgan fingerprint density at radius 2 is 2.17 bits per heavy atom. The van der Waals surface area contributed by atoms with Crippen LogP contribution in [-0.4, -0.2) is 31.1 Å². The standard InChI is InChI=1S/C11H12BrNO3S2/c12-9-3-1-2-4-10(9)16-11(17)13-8-5-6-18(14,15)7-8/h1-4,8H,5-7H2,(H,13,17). The molecule has 7 heteroatoms. The number of sulfone groups is 1. The molecule has 1 N–H and O–H groups in total. The van der Waals surface area contributed by atoms with E-state index in [0.29, 0.717) is 12.2 Å². The average Bonchev–Trinajstić information content (AvgIpc) is 2.61. The van der Waals surface area contributed by atoms with Gasteiger partial charge in [0.15, 0.2) is 9.84 Å². The first-order valence-electron chi connectivity index (χ1n) is 5.39. The van der Waals surface area contributed by atoms with Crippen molar-refractivity contribution < 1.29 is 13.2 Å². The zero-order chi connectivity index (χ0) is 13.2. The van der Waals surface area contributed by atoms with Crippen LogP contribution in [0.3, 0.4) is 0 Å². The minimum atomic E-state index is -2.91. The van der Waals surface area contributed by atoms with Gasteiger partial charge in [-0.3, -0.25) is 0 Å². The third kappa shape index (κ3) is 3.66. The van der Waals surface area contributed by atoms with Gasteiger partial charge < -0.3 is 10.1 Å². The second kappa shape index (κ2) is 5.54. The number of thiocarbonyl (C=S) groups is 1. The van der Waals surface area contributed by atoms with Crippen LogP contribution < -0.4 is 10.1 Å². The number of hydrogen-bond acceptors (Lipinski definition) is 4. The van der Waals surface area contributed by atoms with Gasteiger partial charge in [-0.05, 0) is 46.7 Å². The van der Waals surface area contributed by atoms with E-state index in [1.807, 2.05) is 18.2 Å². The van der Waals surface area contributed by atoms with Crippen molar-refractivity contribution >= 4 is 43.2 Å². The molecule has 1 atom stereocenters. The molecule has 0 bridgehead atoms. The summed E-state index contributed by atoms with van der Waals surface area (Å²) in [5.41, 5.74) is 0. The van der Waals surface area contributed by atoms with E-state index in [4.69, 9.17) is 17.0 Å².